The molecule has 2 heterocycles. The monoisotopic (exact) mass is 392 g/mol. The van der Waals surface area contributed by atoms with Crippen LogP contribution in [0.2, 0.25) is 0 Å². The SMILES string of the molecule is CC(C)(C)N1CCC(NC(=O)c2csc(I)c2)CC1. The number of halogens is 1. The number of amides is 1. The maximum Gasteiger partial charge on any atom is 0.252 e. The van der Waals surface area contributed by atoms with Crippen LogP contribution in [0.3, 0.4) is 0 Å². The molecule has 1 aromatic heterocycles. The number of rotatable bonds is 2. The largest absolute Gasteiger partial charge is 0.349 e. The van der Waals surface area contributed by atoms with Crippen LogP contribution < -0.4 is 5.32 Å². The molecule has 1 amide bonds. The Morgan fingerprint density at radius 2 is 2.05 bits per heavy atom. The molecule has 1 aromatic rings. The molecule has 5 heteroatoms. The van der Waals surface area contributed by atoms with Crippen molar-refractivity contribution in [1.29, 1.82) is 0 Å². The van der Waals surface area contributed by atoms with Gasteiger partial charge < -0.3 is 5.32 Å². The van der Waals surface area contributed by atoms with E-state index in [1.807, 2.05) is 11.4 Å². The van der Waals surface area contributed by atoms with Crippen LogP contribution in [0, 0.1) is 2.88 Å². The zero-order valence-electron chi connectivity index (χ0n) is 11.7. The average Bonchev–Trinajstić information content (AvgIpc) is 2.75. The second-order valence-corrected chi connectivity index (χ2v) is 8.85. The van der Waals surface area contributed by atoms with E-state index < -0.39 is 0 Å². The Hall–Kier alpha value is -0.140. The van der Waals surface area contributed by atoms with Gasteiger partial charge in [0.2, 0.25) is 0 Å². The molecule has 0 saturated carbocycles. The van der Waals surface area contributed by atoms with E-state index in [1.165, 1.54) is 0 Å². The van der Waals surface area contributed by atoms with Gasteiger partial charge in [0.15, 0.2) is 0 Å². The van der Waals surface area contributed by atoms with Crippen molar-refractivity contribution in [3.63, 3.8) is 0 Å². The lowest BCUT2D eigenvalue weighted by atomic mass is 9.98. The Morgan fingerprint density at radius 3 is 2.53 bits per heavy atom. The molecule has 0 atom stereocenters. The van der Waals surface area contributed by atoms with Crippen molar-refractivity contribution in [3.8, 4) is 0 Å². The minimum atomic E-state index is 0.0772. The molecule has 2 rings (SSSR count). The standard InChI is InChI=1S/C14H21IN2OS/c1-14(2,3)17-6-4-11(5-7-17)16-13(18)10-8-12(15)19-9-10/h8-9,11H,4-7H2,1-3H3,(H,16,18). The molecule has 19 heavy (non-hydrogen) atoms. The summed E-state index contributed by atoms with van der Waals surface area (Å²) in [5.74, 6) is 0.0772. The van der Waals surface area contributed by atoms with Gasteiger partial charge in [-0.3, -0.25) is 9.69 Å². The smallest absolute Gasteiger partial charge is 0.252 e. The number of likely N-dealkylation sites (tertiary alicyclic amines) is 1. The van der Waals surface area contributed by atoms with Gasteiger partial charge in [0.1, 0.15) is 0 Å². The zero-order chi connectivity index (χ0) is 14.0. The van der Waals surface area contributed by atoms with E-state index in [4.69, 9.17) is 0 Å². The first-order valence-corrected chi connectivity index (χ1v) is 8.62. The van der Waals surface area contributed by atoms with E-state index in [1.54, 1.807) is 11.3 Å². The predicted molar refractivity (Wildman–Crippen MR) is 88.9 cm³/mol. The van der Waals surface area contributed by atoms with Crippen LogP contribution in [0.15, 0.2) is 11.4 Å². The molecule has 1 saturated heterocycles. The van der Waals surface area contributed by atoms with E-state index in [2.05, 4.69) is 53.6 Å². The number of nitrogens with one attached hydrogen (secondary N) is 1. The Morgan fingerprint density at radius 1 is 1.42 bits per heavy atom. The third-order valence-electron chi connectivity index (χ3n) is 3.61. The number of thiophene rings is 1. The van der Waals surface area contributed by atoms with E-state index >= 15 is 0 Å². The molecule has 0 unspecified atom stereocenters. The zero-order valence-corrected chi connectivity index (χ0v) is 14.7. The molecule has 1 aliphatic heterocycles. The molecule has 1 fully saturated rings. The van der Waals surface area contributed by atoms with Crippen LogP contribution in [-0.4, -0.2) is 35.5 Å². The van der Waals surface area contributed by atoms with Gasteiger partial charge in [-0.05, 0) is 62.3 Å². The van der Waals surface area contributed by atoms with E-state index in [0.29, 0.717) is 6.04 Å². The van der Waals surface area contributed by atoms with E-state index in [-0.39, 0.29) is 11.4 Å². The van der Waals surface area contributed by atoms with E-state index in [9.17, 15) is 4.79 Å². The van der Waals surface area contributed by atoms with Crippen molar-refractivity contribution < 1.29 is 4.79 Å². The fourth-order valence-corrected chi connectivity index (χ4v) is 3.72. The van der Waals surface area contributed by atoms with Gasteiger partial charge in [-0.15, -0.1) is 11.3 Å². The van der Waals surface area contributed by atoms with Gasteiger partial charge in [0.05, 0.1) is 8.45 Å². The summed E-state index contributed by atoms with van der Waals surface area (Å²) in [6, 6.07) is 2.27. The Balaban J connectivity index is 1.84. The van der Waals surface area contributed by atoms with Crippen LogP contribution in [0.25, 0.3) is 0 Å². The first kappa shape index (κ1) is 15.3. The summed E-state index contributed by atoms with van der Waals surface area (Å²) in [5, 5.41) is 5.09. The minimum Gasteiger partial charge on any atom is -0.349 e. The van der Waals surface area contributed by atoms with Crippen molar-refractivity contribution in [2.75, 3.05) is 13.1 Å². The molecule has 1 N–H and O–H groups in total. The number of hydrogen-bond donors (Lipinski definition) is 1. The Bertz CT molecular complexity index is 445. The van der Waals surface area contributed by atoms with E-state index in [0.717, 1.165) is 34.4 Å². The minimum absolute atomic E-state index is 0.0772. The summed E-state index contributed by atoms with van der Waals surface area (Å²) < 4.78 is 1.16. The summed E-state index contributed by atoms with van der Waals surface area (Å²) in [4.78, 5) is 14.6. The van der Waals surface area contributed by atoms with Crippen LogP contribution in [-0.2, 0) is 0 Å². The number of piperidine rings is 1. The summed E-state index contributed by atoms with van der Waals surface area (Å²) in [7, 11) is 0. The van der Waals surface area contributed by atoms with Crippen molar-refractivity contribution >= 4 is 39.8 Å². The third-order valence-corrected chi connectivity index (χ3v) is 5.40. The summed E-state index contributed by atoms with van der Waals surface area (Å²) >= 11 is 3.86. The van der Waals surface area contributed by atoms with Crippen molar-refractivity contribution in [1.82, 2.24) is 10.2 Å². The lowest BCUT2D eigenvalue weighted by Gasteiger charge is -2.41. The Labute approximate surface area is 132 Å². The van der Waals surface area contributed by atoms with Gasteiger partial charge in [0.25, 0.3) is 5.91 Å². The van der Waals surface area contributed by atoms with Gasteiger partial charge >= 0.3 is 0 Å². The van der Waals surface area contributed by atoms with Crippen molar-refractivity contribution in [2.24, 2.45) is 0 Å². The summed E-state index contributed by atoms with van der Waals surface area (Å²) in [5.41, 5.74) is 1.03. The van der Waals surface area contributed by atoms with Crippen molar-refractivity contribution in [2.45, 2.75) is 45.2 Å². The summed E-state index contributed by atoms with van der Waals surface area (Å²) in [6.45, 7) is 8.88. The predicted octanol–water partition coefficient (Wildman–Crippen LogP) is 3.35. The molecule has 3 nitrogen and oxygen atoms in total. The van der Waals surface area contributed by atoms with Crippen molar-refractivity contribution in [3.05, 3.63) is 19.9 Å². The second-order valence-electron chi connectivity index (χ2n) is 6.05. The maximum absolute atomic E-state index is 12.1. The fourth-order valence-electron chi connectivity index (χ4n) is 2.39. The Kier molecular flexibility index (Phi) is 4.89. The van der Waals surface area contributed by atoms with Gasteiger partial charge in [-0.2, -0.15) is 0 Å². The number of carbonyl (C=O) groups excluding carboxylic acids is 1. The highest BCUT2D eigenvalue weighted by Crippen LogP contribution is 2.21. The second kappa shape index (κ2) is 6.10. The fraction of sp³-hybridized carbons (Fsp3) is 0.643. The van der Waals surface area contributed by atoms with Crippen LogP contribution in [0.5, 0.6) is 0 Å². The molecular formula is C14H21IN2OS. The number of hydrogen-bond acceptors (Lipinski definition) is 3. The molecule has 106 valence electrons. The number of nitrogens with zero attached hydrogens (tertiary/aromatic N) is 1. The lowest BCUT2D eigenvalue weighted by molar-refractivity contribution is 0.0813. The van der Waals surface area contributed by atoms with Crippen LogP contribution in [0.4, 0.5) is 0 Å². The van der Waals surface area contributed by atoms with Gasteiger partial charge in [-0.25, -0.2) is 0 Å². The molecular weight excluding hydrogens is 371 g/mol. The summed E-state index contributed by atoms with van der Waals surface area (Å²) in [6.07, 6.45) is 2.09. The maximum atomic E-state index is 12.1. The van der Waals surface area contributed by atoms with Gasteiger partial charge in [0, 0.05) is 30.1 Å². The third kappa shape index (κ3) is 4.16. The quantitative estimate of drug-likeness (QED) is 0.784. The molecule has 0 bridgehead atoms. The van der Waals surface area contributed by atoms with Gasteiger partial charge in [-0.1, -0.05) is 0 Å². The molecule has 0 aliphatic carbocycles. The highest BCUT2D eigenvalue weighted by molar-refractivity contribution is 14.1. The van der Waals surface area contributed by atoms with Crippen LogP contribution in [0.1, 0.15) is 44.0 Å². The molecule has 0 spiro atoms. The molecule has 0 aromatic carbocycles. The normalized spacial score (nSPS) is 18.5. The first-order chi connectivity index (χ1) is 8.86. The number of carbonyl (C=O) groups is 1. The lowest BCUT2D eigenvalue weighted by Crippen LogP contribution is -2.50. The average molecular weight is 392 g/mol. The highest BCUT2D eigenvalue weighted by atomic mass is 127. The van der Waals surface area contributed by atoms with Crippen LogP contribution >= 0.6 is 33.9 Å². The topological polar surface area (TPSA) is 32.3 Å². The first-order valence-electron chi connectivity index (χ1n) is 6.66. The highest BCUT2D eigenvalue weighted by Gasteiger charge is 2.27. The molecule has 0 radical (unpaired) electrons. The molecule has 1 aliphatic rings.